The van der Waals surface area contributed by atoms with Crippen LogP contribution in [-0.2, 0) is 11.3 Å². The van der Waals surface area contributed by atoms with E-state index in [9.17, 15) is 9.59 Å². The Morgan fingerprint density at radius 3 is 2.93 bits per heavy atom. The molecule has 0 spiro atoms. The van der Waals surface area contributed by atoms with Crippen molar-refractivity contribution in [2.45, 2.75) is 19.4 Å². The van der Waals surface area contributed by atoms with Crippen molar-refractivity contribution in [3.8, 4) is 0 Å². The first-order valence-corrected chi connectivity index (χ1v) is 4.80. The van der Waals surface area contributed by atoms with Gasteiger partial charge >= 0.3 is 0 Å². The SMILES string of the molecule is CNC(=O)CCCn1cc(N)ccc1=O. The van der Waals surface area contributed by atoms with Crippen molar-refractivity contribution in [3.05, 3.63) is 28.7 Å². The molecule has 0 aliphatic rings. The minimum Gasteiger partial charge on any atom is -0.398 e. The topological polar surface area (TPSA) is 77.1 Å². The quantitative estimate of drug-likeness (QED) is 0.730. The van der Waals surface area contributed by atoms with E-state index >= 15 is 0 Å². The van der Waals surface area contributed by atoms with Crippen LogP contribution in [0.5, 0.6) is 0 Å². The Morgan fingerprint density at radius 2 is 2.27 bits per heavy atom. The van der Waals surface area contributed by atoms with Gasteiger partial charge in [0.15, 0.2) is 0 Å². The van der Waals surface area contributed by atoms with Gasteiger partial charge in [0.25, 0.3) is 5.56 Å². The van der Waals surface area contributed by atoms with Crippen molar-refractivity contribution in [2.75, 3.05) is 12.8 Å². The van der Waals surface area contributed by atoms with E-state index in [2.05, 4.69) is 5.32 Å². The Morgan fingerprint density at radius 1 is 1.53 bits per heavy atom. The summed E-state index contributed by atoms with van der Waals surface area (Å²) in [7, 11) is 1.59. The fourth-order valence-corrected chi connectivity index (χ4v) is 1.26. The van der Waals surface area contributed by atoms with E-state index in [1.165, 1.54) is 10.6 Å². The highest BCUT2D eigenvalue weighted by molar-refractivity contribution is 5.75. The average Bonchev–Trinajstić information content (AvgIpc) is 2.23. The maximum Gasteiger partial charge on any atom is 0.250 e. The maximum atomic E-state index is 11.3. The van der Waals surface area contributed by atoms with Crippen LogP contribution in [0.2, 0.25) is 0 Å². The van der Waals surface area contributed by atoms with E-state index in [0.29, 0.717) is 25.1 Å². The molecular weight excluding hydrogens is 194 g/mol. The Balaban J connectivity index is 2.54. The number of rotatable bonds is 4. The van der Waals surface area contributed by atoms with Gasteiger partial charge in [0, 0.05) is 38.0 Å². The summed E-state index contributed by atoms with van der Waals surface area (Å²) in [6.07, 6.45) is 2.63. The van der Waals surface area contributed by atoms with Gasteiger partial charge in [-0.3, -0.25) is 9.59 Å². The molecule has 0 radical (unpaired) electrons. The lowest BCUT2D eigenvalue weighted by Crippen LogP contribution is -2.21. The number of nitrogens with two attached hydrogens (primary N) is 1. The largest absolute Gasteiger partial charge is 0.398 e. The lowest BCUT2D eigenvalue weighted by molar-refractivity contribution is -0.120. The Kier molecular flexibility index (Phi) is 3.91. The van der Waals surface area contributed by atoms with Crippen molar-refractivity contribution in [3.63, 3.8) is 0 Å². The Bertz CT molecular complexity index is 398. The molecule has 0 unspecified atom stereocenters. The van der Waals surface area contributed by atoms with Crippen LogP contribution in [0.15, 0.2) is 23.1 Å². The maximum absolute atomic E-state index is 11.3. The first-order valence-electron chi connectivity index (χ1n) is 4.80. The monoisotopic (exact) mass is 209 g/mol. The molecule has 0 aliphatic carbocycles. The van der Waals surface area contributed by atoms with Crippen LogP contribution in [0.3, 0.4) is 0 Å². The second-order valence-electron chi connectivity index (χ2n) is 3.27. The number of hydrogen-bond donors (Lipinski definition) is 2. The van der Waals surface area contributed by atoms with Crippen LogP contribution in [0.25, 0.3) is 0 Å². The first-order chi connectivity index (χ1) is 7.13. The number of carbonyl (C=O) groups is 1. The summed E-state index contributed by atoms with van der Waals surface area (Å²) in [6, 6.07) is 2.99. The van der Waals surface area contributed by atoms with Crippen LogP contribution in [0.1, 0.15) is 12.8 Å². The molecule has 82 valence electrons. The van der Waals surface area contributed by atoms with Gasteiger partial charge in [-0.25, -0.2) is 0 Å². The minimum atomic E-state index is -0.0962. The summed E-state index contributed by atoms with van der Waals surface area (Å²) in [5.41, 5.74) is 6.00. The van der Waals surface area contributed by atoms with Crippen molar-refractivity contribution in [1.29, 1.82) is 0 Å². The van der Waals surface area contributed by atoms with E-state index in [0.717, 1.165) is 0 Å². The van der Waals surface area contributed by atoms with Crippen LogP contribution in [0, 0.1) is 0 Å². The van der Waals surface area contributed by atoms with E-state index in [-0.39, 0.29) is 11.5 Å². The molecule has 0 fully saturated rings. The molecule has 1 rings (SSSR count). The molecule has 0 aliphatic heterocycles. The second kappa shape index (κ2) is 5.19. The number of carbonyl (C=O) groups excluding carboxylic acids is 1. The molecule has 0 saturated heterocycles. The van der Waals surface area contributed by atoms with Crippen molar-refractivity contribution < 1.29 is 4.79 Å². The number of aromatic nitrogens is 1. The highest BCUT2D eigenvalue weighted by Gasteiger charge is 2.00. The Labute approximate surface area is 87.9 Å². The van der Waals surface area contributed by atoms with E-state index in [4.69, 9.17) is 5.73 Å². The summed E-state index contributed by atoms with van der Waals surface area (Å²) in [4.78, 5) is 22.3. The van der Waals surface area contributed by atoms with E-state index in [1.807, 2.05) is 0 Å². The average molecular weight is 209 g/mol. The molecule has 5 nitrogen and oxygen atoms in total. The van der Waals surface area contributed by atoms with Crippen molar-refractivity contribution >= 4 is 11.6 Å². The normalized spacial score (nSPS) is 9.93. The fourth-order valence-electron chi connectivity index (χ4n) is 1.26. The highest BCUT2D eigenvalue weighted by Crippen LogP contribution is 1.98. The molecule has 0 atom stereocenters. The van der Waals surface area contributed by atoms with Gasteiger partial charge in [-0.2, -0.15) is 0 Å². The second-order valence-corrected chi connectivity index (χ2v) is 3.27. The molecule has 1 aromatic rings. The van der Waals surface area contributed by atoms with Gasteiger partial charge in [-0.1, -0.05) is 0 Å². The number of nitrogen functional groups attached to an aromatic ring is 1. The van der Waals surface area contributed by atoms with Gasteiger partial charge in [0.2, 0.25) is 5.91 Å². The summed E-state index contributed by atoms with van der Waals surface area (Å²) in [5, 5.41) is 2.53. The molecule has 1 amide bonds. The summed E-state index contributed by atoms with van der Waals surface area (Å²) in [6.45, 7) is 0.511. The first kappa shape index (κ1) is 11.3. The number of nitrogens with zero attached hydrogens (tertiary/aromatic N) is 1. The third-order valence-electron chi connectivity index (χ3n) is 2.09. The Hall–Kier alpha value is -1.78. The van der Waals surface area contributed by atoms with Crippen LogP contribution in [-0.4, -0.2) is 17.5 Å². The zero-order valence-electron chi connectivity index (χ0n) is 8.69. The molecule has 15 heavy (non-hydrogen) atoms. The number of anilines is 1. The molecule has 3 N–H and O–H groups in total. The molecular formula is C10H15N3O2. The van der Waals surface area contributed by atoms with Crippen LogP contribution < -0.4 is 16.6 Å². The van der Waals surface area contributed by atoms with Gasteiger partial charge in [-0.05, 0) is 12.5 Å². The third kappa shape index (κ3) is 3.46. The number of aryl methyl sites for hydroxylation is 1. The number of nitrogens with one attached hydrogen (secondary N) is 1. The number of hydrogen-bond acceptors (Lipinski definition) is 3. The summed E-state index contributed by atoms with van der Waals surface area (Å²) in [5.74, 6) is -0.0213. The van der Waals surface area contributed by atoms with Crippen LogP contribution >= 0.6 is 0 Å². The van der Waals surface area contributed by atoms with Gasteiger partial charge in [-0.15, -0.1) is 0 Å². The van der Waals surface area contributed by atoms with Gasteiger partial charge in [0.05, 0.1) is 0 Å². The lowest BCUT2D eigenvalue weighted by atomic mass is 10.3. The highest BCUT2D eigenvalue weighted by atomic mass is 16.1. The van der Waals surface area contributed by atoms with Crippen molar-refractivity contribution in [1.82, 2.24) is 9.88 Å². The predicted octanol–water partition coefficient (Wildman–Crippen LogP) is -0.0433. The van der Waals surface area contributed by atoms with E-state index < -0.39 is 0 Å². The summed E-state index contributed by atoms with van der Waals surface area (Å²) < 4.78 is 1.51. The third-order valence-corrected chi connectivity index (χ3v) is 2.09. The molecule has 1 heterocycles. The standard InChI is InChI=1S/C10H15N3O2/c1-12-9(14)3-2-6-13-7-8(11)4-5-10(13)15/h4-5,7H,2-3,6,11H2,1H3,(H,12,14). The van der Waals surface area contributed by atoms with E-state index in [1.54, 1.807) is 19.3 Å². The zero-order chi connectivity index (χ0) is 11.3. The molecule has 5 heteroatoms. The number of amides is 1. The van der Waals surface area contributed by atoms with Gasteiger partial charge < -0.3 is 15.6 Å². The fraction of sp³-hybridized carbons (Fsp3) is 0.400. The smallest absolute Gasteiger partial charge is 0.250 e. The van der Waals surface area contributed by atoms with Crippen molar-refractivity contribution in [2.24, 2.45) is 0 Å². The minimum absolute atomic E-state index is 0.0213. The van der Waals surface area contributed by atoms with Crippen LogP contribution in [0.4, 0.5) is 5.69 Å². The van der Waals surface area contributed by atoms with Gasteiger partial charge in [0.1, 0.15) is 0 Å². The molecule has 0 bridgehead atoms. The summed E-state index contributed by atoms with van der Waals surface area (Å²) >= 11 is 0. The zero-order valence-corrected chi connectivity index (χ0v) is 8.69. The molecule has 1 aromatic heterocycles. The molecule has 0 saturated carbocycles. The number of pyridine rings is 1. The lowest BCUT2D eigenvalue weighted by Gasteiger charge is -2.05. The predicted molar refractivity (Wildman–Crippen MR) is 58.4 cm³/mol. The molecule has 0 aromatic carbocycles.